The van der Waals surface area contributed by atoms with Crippen LogP contribution in [0.1, 0.15) is 30.9 Å². The fourth-order valence-corrected chi connectivity index (χ4v) is 2.28. The third kappa shape index (κ3) is 6.42. The van der Waals surface area contributed by atoms with E-state index in [0.717, 1.165) is 43.7 Å². The van der Waals surface area contributed by atoms with Gasteiger partial charge in [0.1, 0.15) is 5.75 Å². The van der Waals surface area contributed by atoms with Crippen molar-refractivity contribution in [1.82, 2.24) is 10.6 Å². The topological polar surface area (TPSA) is 45.7 Å². The lowest BCUT2D eigenvalue weighted by Crippen LogP contribution is -2.38. The maximum atomic E-state index is 5.42. The first-order valence-electron chi connectivity index (χ1n) is 7.88. The average Bonchev–Trinajstić information content (AvgIpc) is 3.29. The molecule has 2 N–H and O–H groups in total. The highest BCUT2D eigenvalue weighted by Gasteiger charge is 2.20. The first-order valence-corrected chi connectivity index (χ1v) is 7.88. The summed E-state index contributed by atoms with van der Waals surface area (Å²) in [6.45, 7) is 6.90. The van der Waals surface area contributed by atoms with E-state index in [1.165, 1.54) is 24.0 Å². The van der Waals surface area contributed by atoms with Gasteiger partial charge in [-0.25, -0.2) is 0 Å². The summed E-state index contributed by atoms with van der Waals surface area (Å²) in [4.78, 5) is 4.63. The van der Waals surface area contributed by atoms with Crippen LogP contribution in [0.4, 0.5) is 0 Å². The minimum Gasteiger partial charge on any atom is -0.496 e. The summed E-state index contributed by atoms with van der Waals surface area (Å²) in [7, 11) is 1.72. The number of nitrogens with one attached hydrogen (secondary N) is 2. The van der Waals surface area contributed by atoms with Gasteiger partial charge in [0.15, 0.2) is 5.96 Å². The van der Waals surface area contributed by atoms with Gasteiger partial charge in [-0.3, -0.25) is 4.99 Å². The molecule has 4 nitrogen and oxygen atoms in total. The van der Waals surface area contributed by atoms with E-state index >= 15 is 0 Å². The van der Waals surface area contributed by atoms with Gasteiger partial charge in [-0.1, -0.05) is 17.7 Å². The molecule has 1 aliphatic rings. The molecule has 1 aromatic rings. The first-order chi connectivity index (χ1) is 10.2. The summed E-state index contributed by atoms with van der Waals surface area (Å²) in [5.74, 6) is 2.70. The van der Waals surface area contributed by atoms with Crippen LogP contribution in [0.3, 0.4) is 0 Å². The highest BCUT2D eigenvalue weighted by molar-refractivity contribution is 14.0. The number of nitrogens with zero attached hydrogens (tertiary/aromatic N) is 1. The molecule has 1 aromatic carbocycles. The highest BCUT2D eigenvalue weighted by atomic mass is 127. The van der Waals surface area contributed by atoms with Crippen molar-refractivity contribution in [3.63, 3.8) is 0 Å². The number of benzene rings is 1. The standard InChI is InChI=1S/C17H27N3O.HI/c1-4-18-17(20-12-14-6-7-14)19-10-9-15-11-13(2)5-8-16(15)21-3;/h5,8,11,14H,4,6-7,9-10,12H2,1-3H3,(H2,18,19,20);1H. The molecule has 0 unspecified atom stereocenters. The Labute approximate surface area is 151 Å². The predicted octanol–water partition coefficient (Wildman–Crippen LogP) is 3.13. The van der Waals surface area contributed by atoms with E-state index in [-0.39, 0.29) is 24.0 Å². The number of aryl methyl sites for hydroxylation is 1. The SMILES string of the molecule is CCNC(=NCC1CC1)NCCc1cc(C)ccc1OC.I. The van der Waals surface area contributed by atoms with Gasteiger partial charge < -0.3 is 15.4 Å². The first kappa shape index (κ1) is 19.1. The molecule has 1 saturated carbocycles. The molecule has 1 fully saturated rings. The molecular formula is C17H28IN3O. The van der Waals surface area contributed by atoms with Gasteiger partial charge in [-0.05, 0) is 50.7 Å². The Balaban J connectivity index is 0.00000242. The number of ether oxygens (including phenoxy) is 1. The van der Waals surface area contributed by atoms with Gasteiger partial charge in [-0.15, -0.1) is 24.0 Å². The molecular weight excluding hydrogens is 389 g/mol. The Kier molecular flexibility index (Phi) is 8.60. The lowest BCUT2D eigenvalue weighted by molar-refractivity contribution is 0.409. The summed E-state index contributed by atoms with van der Waals surface area (Å²) in [5, 5.41) is 6.71. The number of halogens is 1. The minimum atomic E-state index is 0. The van der Waals surface area contributed by atoms with Crippen molar-refractivity contribution in [3.05, 3.63) is 29.3 Å². The molecule has 124 valence electrons. The molecule has 22 heavy (non-hydrogen) atoms. The number of guanidine groups is 1. The monoisotopic (exact) mass is 417 g/mol. The molecule has 0 heterocycles. The van der Waals surface area contributed by atoms with E-state index in [0.29, 0.717) is 0 Å². The molecule has 5 heteroatoms. The molecule has 0 aliphatic heterocycles. The van der Waals surface area contributed by atoms with Crippen LogP contribution < -0.4 is 15.4 Å². The molecule has 0 spiro atoms. The Morgan fingerprint density at radius 3 is 2.73 bits per heavy atom. The predicted molar refractivity (Wildman–Crippen MR) is 104 cm³/mol. The van der Waals surface area contributed by atoms with Gasteiger partial charge in [0.25, 0.3) is 0 Å². The van der Waals surface area contributed by atoms with Crippen LogP contribution in [0, 0.1) is 12.8 Å². The van der Waals surface area contributed by atoms with Crippen LogP contribution in [0.2, 0.25) is 0 Å². The summed E-state index contributed by atoms with van der Waals surface area (Å²) < 4.78 is 5.42. The van der Waals surface area contributed by atoms with Crippen molar-refractivity contribution in [1.29, 1.82) is 0 Å². The molecule has 0 aromatic heterocycles. The van der Waals surface area contributed by atoms with Gasteiger partial charge in [0, 0.05) is 19.6 Å². The molecule has 0 amide bonds. The van der Waals surface area contributed by atoms with E-state index in [1.54, 1.807) is 7.11 Å². The number of methoxy groups -OCH3 is 1. The van der Waals surface area contributed by atoms with Gasteiger partial charge in [0.2, 0.25) is 0 Å². The van der Waals surface area contributed by atoms with Gasteiger partial charge in [-0.2, -0.15) is 0 Å². The van der Waals surface area contributed by atoms with Crippen LogP contribution in [-0.2, 0) is 6.42 Å². The maximum Gasteiger partial charge on any atom is 0.191 e. The van der Waals surface area contributed by atoms with E-state index in [9.17, 15) is 0 Å². The van der Waals surface area contributed by atoms with Crippen LogP contribution in [0.15, 0.2) is 23.2 Å². The number of hydrogen-bond acceptors (Lipinski definition) is 2. The summed E-state index contributed by atoms with van der Waals surface area (Å²) in [6, 6.07) is 6.31. The molecule has 0 atom stereocenters. The summed E-state index contributed by atoms with van der Waals surface area (Å²) in [5.41, 5.74) is 2.50. The van der Waals surface area contributed by atoms with Gasteiger partial charge >= 0.3 is 0 Å². The van der Waals surface area contributed by atoms with E-state index < -0.39 is 0 Å². The third-order valence-corrected chi connectivity index (χ3v) is 3.67. The van der Waals surface area contributed by atoms with Crippen LogP contribution in [0.5, 0.6) is 5.75 Å². The Hall–Kier alpha value is -0.980. The fourth-order valence-electron chi connectivity index (χ4n) is 2.28. The maximum absolute atomic E-state index is 5.42. The van der Waals surface area contributed by atoms with E-state index in [4.69, 9.17) is 4.74 Å². The quantitative estimate of drug-likeness (QED) is 0.407. The molecule has 0 radical (unpaired) electrons. The number of hydrogen-bond donors (Lipinski definition) is 2. The summed E-state index contributed by atoms with van der Waals surface area (Å²) in [6.07, 6.45) is 3.60. The zero-order valence-electron chi connectivity index (χ0n) is 13.8. The van der Waals surface area contributed by atoms with Crippen LogP contribution in [-0.4, -0.2) is 32.7 Å². The van der Waals surface area contributed by atoms with Crippen molar-refractivity contribution >= 4 is 29.9 Å². The Bertz CT molecular complexity index is 487. The van der Waals surface area contributed by atoms with Crippen molar-refractivity contribution in [2.45, 2.75) is 33.1 Å². The number of aliphatic imine (C=N–C) groups is 1. The normalized spacial score (nSPS) is 14.2. The van der Waals surface area contributed by atoms with Crippen molar-refractivity contribution in [2.75, 3.05) is 26.7 Å². The fraction of sp³-hybridized carbons (Fsp3) is 0.588. The second kappa shape index (κ2) is 9.92. The molecule has 0 saturated heterocycles. The van der Waals surface area contributed by atoms with E-state index in [1.807, 2.05) is 6.07 Å². The second-order valence-corrected chi connectivity index (χ2v) is 5.66. The van der Waals surface area contributed by atoms with E-state index in [2.05, 4.69) is 41.6 Å². The van der Waals surface area contributed by atoms with Crippen molar-refractivity contribution in [2.24, 2.45) is 10.9 Å². The molecule has 1 aliphatic carbocycles. The molecule has 0 bridgehead atoms. The largest absolute Gasteiger partial charge is 0.496 e. The Morgan fingerprint density at radius 1 is 1.32 bits per heavy atom. The molecule has 2 rings (SSSR count). The summed E-state index contributed by atoms with van der Waals surface area (Å²) >= 11 is 0. The third-order valence-electron chi connectivity index (χ3n) is 3.67. The zero-order chi connectivity index (χ0) is 15.1. The van der Waals surface area contributed by atoms with Crippen LogP contribution >= 0.6 is 24.0 Å². The Morgan fingerprint density at radius 2 is 2.09 bits per heavy atom. The van der Waals surface area contributed by atoms with Crippen LogP contribution in [0.25, 0.3) is 0 Å². The zero-order valence-corrected chi connectivity index (χ0v) is 16.1. The van der Waals surface area contributed by atoms with Crippen molar-refractivity contribution in [3.8, 4) is 5.75 Å². The van der Waals surface area contributed by atoms with Crippen molar-refractivity contribution < 1.29 is 4.74 Å². The lowest BCUT2D eigenvalue weighted by Gasteiger charge is -2.13. The average molecular weight is 417 g/mol. The minimum absolute atomic E-state index is 0. The lowest BCUT2D eigenvalue weighted by atomic mass is 10.1. The van der Waals surface area contributed by atoms with Gasteiger partial charge in [0.05, 0.1) is 7.11 Å². The highest BCUT2D eigenvalue weighted by Crippen LogP contribution is 2.28. The number of rotatable bonds is 7. The smallest absolute Gasteiger partial charge is 0.191 e. The second-order valence-electron chi connectivity index (χ2n) is 5.66.